The predicted octanol–water partition coefficient (Wildman–Crippen LogP) is 6.50. The molecule has 0 spiro atoms. The first kappa shape index (κ1) is 30.2. The SMILES string of the molecule is O=C(Cn1nc(C(F)F)cc1C(F)F)N1CCC(C2CC3CC=CC=C3ON(C(=O)NC3CCCc4ccccc43)C2)CC1. The second kappa shape index (κ2) is 13.0. The Morgan fingerprint density at radius 1 is 1.05 bits per heavy atom. The minimum atomic E-state index is -3.02. The van der Waals surface area contributed by atoms with E-state index in [2.05, 4.69) is 28.6 Å². The van der Waals surface area contributed by atoms with Gasteiger partial charge in [0.2, 0.25) is 5.91 Å². The molecule has 1 aromatic carbocycles. The highest BCUT2D eigenvalue weighted by molar-refractivity contribution is 5.76. The van der Waals surface area contributed by atoms with Crippen LogP contribution in [0, 0.1) is 17.8 Å². The van der Waals surface area contributed by atoms with Gasteiger partial charge in [-0.15, -0.1) is 0 Å². The maximum Gasteiger partial charge on any atom is 0.350 e. The molecule has 0 radical (unpaired) electrons. The van der Waals surface area contributed by atoms with E-state index in [9.17, 15) is 27.2 Å². The Labute approximate surface area is 253 Å². The lowest BCUT2D eigenvalue weighted by Crippen LogP contribution is -2.46. The van der Waals surface area contributed by atoms with Crippen molar-refractivity contribution in [2.45, 2.75) is 70.4 Å². The molecule has 2 aromatic rings. The zero-order valence-electron chi connectivity index (χ0n) is 24.4. The number of aryl methyl sites for hydroxylation is 1. The number of alkyl halides is 4. The van der Waals surface area contributed by atoms with E-state index < -0.39 is 36.7 Å². The average molecular weight is 616 g/mol. The van der Waals surface area contributed by atoms with Crippen LogP contribution in [-0.2, 0) is 22.6 Å². The fourth-order valence-electron chi connectivity index (χ4n) is 7.09. The van der Waals surface area contributed by atoms with Crippen LogP contribution in [0.3, 0.4) is 0 Å². The highest BCUT2D eigenvalue weighted by Crippen LogP contribution is 2.39. The van der Waals surface area contributed by atoms with Crippen LogP contribution in [0.5, 0.6) is 0 Å². The summed E-state index contributed by atoms with van der Waals surface area (Å²) in [7, 11) is 0. The normalized spacial score (nSPS) is 24.0. The molecule has 12 heteroatoms. The predicted molar refractivity (Wildman–Crippen MR) is 153 cm³/mol. The van der Waals surface area contributed by atoms with E-state index in [1.807, 2.05) is 24.3 Å². The molecule has 0 saturated carbocycles. The Balaban J connectivity index is 1.11. The summed E-state index contributed by atoms with van der Waals surface area (Å²) in [5.41, 5.74) is 0.944. The van der Waals surface area contributed by atoms with Gasteiger partial charge in [0.05, 0.1) is 12.6 Å². The maximum absolute atomic E-state index is 13.6. The second-order valence-electron chi connectivity index (χ2n) is 12.1. The van der Waals surface area contributed by atoms with Crippen molar-refractivity contribution in [2.75, 3.05) is 19.6 Å². The number of benzene rings is 1. The van der Waals surface area contributed by atoms with Crippen LogP contribution in [0.4, 0.5) is 22.4 Å². The molecule has 2 aliphatic heterocycles. The van der Waals surface area contributed by atoms with Gasteiger partial charge >= 0.3 is 6.03 Å². The molecule has 2 saturated heterocycles. The molecule has 3 heterocycles. The summed E-state index contributed by atoms with van der Waals surface area (Å²) in [5, 5.41) is 8.23. The summed E-state index contributed by atoms with van der Waals surface area (Å²) in [5.74, 6) is 0.831. The number of urea groups is 1. The number of nitrogens with one attached hydrogen (secondary N) is 1. The molecule has 0 bridgehead atoms. The van der Waals surface area contributed by atoms with E-state index in [0.29, 0.717) is 43.2 Å². The molecule has 1 N–H and O–H groups in total. The van der Waals surface area contributed by atoms with Gasteiger partial charge in [-0.3, -0.25) is 9.48 Å². The van der Waals surface area contributed by atoms with Crippen LogP contribution in [0.25, 0.3) is 0 Å². The maximum atomic E-state index is 13.6. The van der Waals surface area contributed by atoms with Gasteiger partial charge < -0.3 is 15.1 Å². The first-order chi connectivity index (χ1) is 21.3. The number of nitrogens with zero attached hydrogens (tertiary/aromatic N) is 4. The number of hydrogen-bond acceptors (Lipinski definition) is 4. The van der Waals surface area contributed by atoms with Crippen LogP contribution >= 0.6 is 0 Å². The van der Waals surface area contributed by atoms with E-state index >= 15 is 0 Å². The third-order valence-corrected chi connectivity index (χ3v) is 9.44. The van der Waals surface area contributed by atoms with Crippen molar-refractivity contribution in [1.82, 2.24) is 25.1 Å². The van der Waals surface area contributed by atoms with E-state index in [4.69, 9.17) is 4.84 Å². The number of hydroxylamine groups is 2. The summed E-state index contributed by atoms with van der Waals surface area (Å²) >= 11 is 0. The van der Waals surface area contributed by atoms with Gasteiger partial charge in [-0.1, -0.05) is 36.4 Å². The number of aromatic nitrogens is 2. The van der Waals surface area contributed by atoms with Gasteiger partial charge in [-0.25, -0.2) is 22.4 Å². The van der Waals surface area contributed by atoms with Crippen LogP contribution in [0.2, 0.25) is 0 Å². The van der Waals surface area contributed by atoms with Crippen molar-refractivity contribution in [3.05, 3.63) is 76.8 Å². The molecule has 44 heavy (non-hydrogen) atoms. The van der Waals surface area contributed by atoms with E-state index in [1.165, 1.54) is 10.6 Å². The number of carbonyl (C=O) groups excluding carboxylic acids is 2. The molecule has 6 rings (SSSR count). The second-order valence-corrected chi connectivity index (χ2v) is 12.1. The number of halogens is 4. The number of fused-ring (bicyclic) bond motifs is 2. The number of carbonyl (C=O) groups is 2. The van der Waals surface area contributed by atoms with Crippen LogP contribution < -0.4 is 5.32 Å². The molecule has 2 fully saturated rings. The highest BCUT2D eigenvalue weighted by atomic mass is 19.3. The van der Waals surface area contributed by atoms with E-state index in [1.54, 1.807) is 4.90 Å². The van der Waals surface area contributed by atoms with Gasteiger partial charge in [0.15, 0.2) is 0 Å². The third-order valence-electron chi connectivity index (χ3n) is 9.44. The van der Waals surface area contributed by atoms with Crippen molar-refractivity contribution < 1.29 is 32.0 Å². The fraction of sp³-hybridized carbons (Fsp3) is 0.531. The van der Waals surface area contributed by atoms with Crippen molar-refractivity contribution in [1.29, 1.82) is 0 Å². The lowest BCUT2D eigenvalue weighted by atomic mass is 9.77. The summed E-state index contributed by atoms with van der Waals surface area (Å²) in [6.45, 7) is 0.710. The Bertz CT molecular complexity index is 1420. The summed E-state index contributed by atoms with van der Waals surface area (Å²) < 4.78 is 53.6. The van der Waals surface area contributed by atoms with Crippen LogP contribution in [0.1, 0.15) is 79.9 Å². The van der Waals surface area contributed by atoms with Crippen molar-refractivity contribution in [2.24, 2.45) is 17.8 Å². The zero-order valence-corrected chi connectivity index (χ0v) is 24.4. The Hall–Kier alpha value is -3.83. The number of hydrogen-bond donors (Lipinski definition) is 1. The standard InChI is InChI=1S/C32H37F4N5O3/c33-30(34)26-17-27(31(35)36)40(38-26)19-29(42)39-14-12-20(13-15-39)23-16-22-7-2-4-11-28(22)44-41(18-23)32(43)37-25-10-5-8-21-6-1-3-9-24(21)25/h1-4,6,9,11,17,20,22-23,25,30-31H,5,7-8,10,12-16,18-19H2,(H,37,43). The Kier molecular flexibility index (Phi) is 8.95. The third kappa shape index (κ3) is 6.49. The molecule has 3 amide bonds. The van der Waals surface area contributed by atoms with Gasteiger partial charge in [0.1, 0.15) is 23.7 Å². The lowest BCUT2D eigenvalue weighted by molar-refractivity contribution is -0.134. The number of likely N-dealkylation sites (tertiary alicyclic amines) is 1. The highest BCUT2D eigenvalue weighted by Gasteiger charge is 2.38. The number of piperidine rings is 1. The first-order valence-electron chi connectivity index (χ1n) is 15.4. The van der Waals surface area contributed by atoms with Gasteiger partial charge in [0.25, 0.3) is 12.9 Å². The Morgan fingerprint density at radius 2 is 1.84 bits per heavy atom. The molecule has 236 valence electrons. The molecule has 1 aromatic heterocycles. The summed E-state index contributed by atoms with van der Waals surface area (Å²) in [6, 6.07) is 8.51. The number of allylic oxidation sites excluding steroid dienone is 4. The fourth-order valence-corrected chi connectivity index (χ4v) is 7.09. The zero-order chi connectivity index (χ0) is 30.8. The first-order valence-corrected chi connectivity index (χ1v) is 15.4. The van der Waals surface area contributed by atoms with Crippen LogP contribution in [0.15, 0.2) is 54.3 Å². The molecular weight excluding hydrogens is 578 g/mol. The summed E-state index contributed by atoms with van der Waals surface area (Å²) in [6.07, 6.45) is 5.83. The lowest BCUT2D eigenvalue weighted by Gasteiger charge is -2.37. The largest absolute Gasteiger partial charge is 0.380 e. The van der Waals surface area contributed by atoms with Crippen LogP contribution in [-0.4, -0.2) is 51.3 Å². The Morgan fingerprint density at radius 3 is 2.61 bits per heavy atom. The topological polar surface area (TPSA) is 79.7 Å². The summed E-state index contributed by atoms with van der Waals surface area (Å²) in [4.78, 5) is 34.5. The minimum absolute atomic E-state index is 0.0832. The van der Waals surface area contributed by atoms with Crippen molar-refractivity contribution in [3.63, 3.8) is 0 Å². The minimum Gasteiger partial charge on any atom is -0.380 e. The molecular formula is C32H37F4N5O3. The van der Waals surface area contributed by atoms with Crippen molar-refractivity contribution >= 4 is 11.9 Å². The quantitative estimate of drug-likeness (QED) is 0.377. The molecule has 4 aliphatic rings. The molecule has 3 unspecified atom stereocenters. The molecule has 3 atom stereocenters. The number of rotatable bonds is 6. The van der Waals surface area contributed by atoms with E-state index in [0.717, 1.165) is 43.4 Å². The van der Waals surface area contributed by atoms with Crippen molar-refractivity contribution in [3.8, 4) is 0 Å². The van der Waals surface area contributed by atoms with Gasteiger partial charge in [0, 0.05) is 19.0 Å². The molecule has 8 nitrogen and oxygen atoms in total. The molecule has 2 aliphatic carbocycles. The number of amides is 3. The average Bonchev–Trinajstić information content (AvgIpc) is 3.35. The monoisotopic (exact) mass is 615 g/mol. The van der Waals surface area contributed by atoms with Gasteiger partial charge in [-0.2, -0.15) is 10.2 Å². The van der Waals surface area contributed by atoms with E-state index in [-0.39, 0.29) is 29.8 Å². The van der Waals surface area contributed by atoms with Gasteiger partial charge in [-0.05, 0) is 80.1 Å². The smallest absolute Gasteiger partial charge is 0.350 e.